The predicted molar refractivity (Wildman–Crippen MR) is 90.2 cm³/mol. The van der Waals surface area contributed by atoms with Crippen LogP contribution in [0.1, 0.15) is 44.0 Å². The van der Waals surface area contributed by atoms with Crippen molar-refractivity contribution in [1.82, 2.24) is 0 Å². The van der Waals surface area contributed by atoms with Gasteiger partial charge in [0.25, 0.3) is 0 Å². The van der Waals surface area contributed by atoms with Crippen molar-refractivity contribution in [3.05, 3.63) is 59.7 Å². The minimum Gasteiger partial charge on any atom is -0.493 e. The average Bonchev–Trinajstić information content (AvgIpc) is 2.55. The lowest BCUT2D eigenvalue weighted by Gasteiger charge is -2.20. The topological polar surface area (TPSA) is 44.5 Å². The number of ether oxygens (including phenoxy) is 2. The molecule has 3 heteroatoms. The molecule has 0 aliphatic carbocycles. The molecule has 0 fully saturated rings. The van der Waals surface area contributed by atoms with Gasteiger partial charge in [-0.15, -0.1) is 0 Å². The molecule has 0 bridgehead atoms. The summed E-state index contributed by atoms with van der Waals surface area (Å²) < 4.78 is 11.5. The molecule has 0 spiro atoms. The Kier molecular flexibility index (Phi) is 5.45. The minimum absolute atomic E-state index is 0.00510. The highest BCUT2D eigenvalue weighted by atomic mass is 16.5. The smallest absolute Gasteiger partial charge is 0.162 e. The minimum atomic E-state index is -0.0419. The van der Waals surface area contributed by atoms with Crippen LogP contribution in [0.4, 0.5) is 0 Å². The molecule has 22 heavy (non-hydrogen) atoms. The van der Waals surface area contributed by atoms with Gasteiger partial charge in [-0.25, -0.2) is 0 Å². The lowest BCUT2D eigenvalue weighted by molar-refractivity contribution is 0.215. The molecule has 0 aromatic heterocycles. The van der Waals surface area contributed by atoms with Crippen LogP contribution in [0, 0.1) is 5.92 Å². The number of benzene rings is 2. The standard InChI is InChI=1S/C19H25NO2/c1-13(2)19(20)16-10-11-17(18(12-16)21-4)22-14(3)15-8-6-5-7-9-15/h5-14,19H,20H2,1-4H3. The first-order valence-electron chi connectivity index (χ1n) is 7.68. The summed E-state index contributed by atoms with van der Waals surface area (Å²) in [5.74, 6) is 1.83. The molecule has 2 atom stereocenters. The Morgan fingerprint density at radius 1 is 0.864 bits per heavy atom. The van der Waals surface area contributed by atoms with Crippen LogP contribution in [0.15, 0.2) is 48.5 Å². The van der Waals surface area contributed by atoms with E-state index in [0.717, 1.165) is 22.6 Å². The van der Waals surface area contributed by atoms with E-state index in [4.69, 9.17) is 15.2 Å². The average molecular weight is 299 g/mol. The molecule has 2 aromatic carbocycles. The molecule has 2 unspecified atom stereocenters. The van der Waals surface area contributed by atoms with Crippen molar-refractivity contribution in [1.29, 1.82) is 0 Å². The van der Waals surface area contributed by atoms with Gasteiger partial charge in [-0.2, -0.15) is 0 Å². The van der Waals surface area contributed by atoms with Gasteiger partial charge in [0.2, 0.25) is 0 Å². The fourth-order valence-electron chi connectivity index (χ4n) is 2.36. The first-order valence-corrected chi connectivity index (χ1v) is 7.68. The molecular formula is C19H25NO2. The molecule has 3 nitrogen and oxygen atoms in total. The Bertz CT molecular complexity index is 596. The van der Waals surface area contributed by atoms with Crippen LogP contribution in [-0.4, -0.2) is 7.11 Å². The Labute approximate surface area is 133 Å². The van der Waals surface area contributed by atoms with E-state index >= 15 is 0 Å². The summed E-state index contributed by atoms with van der Waals surface area (Å²) in [5.41, 5.74) is 8.40. The van der Waals surface area contributed by atoms with Gasteiger partial charge < -0.3 is 15.2 Å². The van der Waals surface area contributed by atoms with Gasteiger partial charge in [-0.1, -0.05) is 50.2 Å². The molecule has 2 aromatic rings. The number of methoxy groups -OCH3 is 1. The van der Waals surface area contributed by atoms with Crippen LogP contribution in [0.2, 0.25) is 0 Å². The number of hydrogen-bond acceptors (Lipinski definition) is 3. The highest BCUT2D eigenvalue weighted by molar-refractivity contribution is 5.44. The van der Waals surface area contributed by atoms with E-state index in [1.54, 1.807) is 7.11 Å². The fraction of sp³-hybridized carbons (Fsp3) is 0.368. The summed E-state index contributed by atoms with van der Waals surface area (Å²) in [4.78, 5) is 0. The second kappa shape index (κ2) is 7.32. The summed E-state index contributed by atoms with van der Waals surface area (Å²) in [6, 6.07) is 16.1. The molecule has 0 saturated carbocycles. The molecule has 2 N–H and O–H groups in total. The normalized spacial score (nSPS) is 13.7. The SMILES string of the molecule is COc1cc(C(N)C(C)C)ccc1OC(C)c1ccccc1. The molecule has 118 valence electrons. The zero-order valence-electron chi connectivity index (χ0n) is 13.7. The highest BCUT2D eigenvalue weighted by Crippen LogP contribution is 2.34. The Morgan fingerprint density at radius 3 is 2.14 bits per heavy atom. The quantitative estimate of drug-likeness (QED) is 0.854. The first-order chi connectivity index (χ1) is 10.5. The maximum Gasteiger partial charge on any atom is 0.162 e. The van der Waals surface area contributed by atoms with Gasteiger partial charge in [0, 0.05) is 6.04 Å². The van der Waals surface area contributed by atoms with Crippen molar-refractivity contribution in [2.75, 3.05) is 7.11 Å². The number of rotatable bonds is 6. The largest absolute Gasteiger partial charge is 0.493 e. The van der Waals surface area contributed by atoms with E-state index in [2.05, 4.69) is 26.0 Å². The van der Waals surface area contributed by atoms with E-state index in [0.29, 0.717) is 5.92 Å². The van der Waals surface area contributed by atoms with Crippen LogP contribution in [-0.2, 0) is 0 Å². The first kappa shape index (κ1) is 16.4. The van der Waals surface area contributed by atoms with Gasteiger partial charge in [0.1, 0.15) is 6.10 Å². The Hall–Kier alpha value is -2.00. The summed E-state index contributed by atoms with van der Waals surface area (Å²) in [7, 11) is 1.65. The summed E-state index contributed by atoms with van der Waals surface area (Å²) in [5, 5.41) is 0. The molecule has 0 aliphatic rings. The number of nitrogens with two attached hydrogens (primary N) is 1. The second-order valence-electron chi connectivity index (χ2n) is 5.85. The van der Waals surface area contributed by atoms with Crippen LogP contribution in [0.25, 0.3) is 0 Å². The van der Waals surface area contributed by atoms with E-state index in [9.17, 15) is 0 Å². The molecule has 2 rings (SSSR count). The zero-order chi connectivity index (χ0) is 16.1. The molecule has 0 amide bonds. The van der Waals surface area contributed by atoms with Gasteiger partial charge >= 0.3 is 0 Å². The Morgan fingerprint density at radius 2 is 1.55 bits per heavy atom. The van der Waals surface area contributed by atoms with E-state index in [1.807, 2.05) is 43.3 Å². The third-order valence-corrected chi connectivity index (χ3v) is 3.86. The van der Waals surface area contributed by atoms with Crippen molar-refractivity contribution < 1.29 is 9.47 Å². The van der Waals surface area contributed by atoms with Gasteiger partial charge in [-0.05, 0) is 36.1 Å². The Balaban J connectivity index is 2.21. The van der Waals surface area contributed by atoms with Gasteiger partial charge in [-0.3, -0.25) is 0 Å². The lowest BCUT2D eigenvalue weighted by Crippen LogP contribution is -2.16. The summed E-state index contributed by atoms with van der Waals surface area (Å²) >= 11 is 0. The molecule has 0 saturated heterocycles. The molecular weight excluding hydrogens is 274 g/mol. The van der Waals surface area contributed by atoms with E-state index in [1.165, 1.54) is 0 Å². The predicted octanol–water partition coefficient (Wildman–Crippen LogP) is 4.49. The van der Waals surface area contributed by atoms with Crippen LogP contribution in [0.5, 0.6) is 11.5 Å². The van der Waals surface area contributed by atoms with Gasteiger partial charge in [0.05, 0.1) is 7.11 Å². The third-order valence-electron chi connectivity index (χ3n) is 3.86. The fourth-order valence-corrected chi connectivity index (χ4v) is 2.36. The van der Waals surface area contributed by atoms with Crippen LogP contribution < -0.4 is 15.2 Å². The molecule has 0 heterocycles. The van der Waals surface area contributed by atoms with Crippen molar-refractivity contribution in [2.24, 2.45) is 11.7 Å². The number of hydrogen-bond donors (Lipinski definition) is 1. The lowest BCUT2D eigenvalue weighted by atomic mass is 9.97. The highest BCUT2D eigenvalue weighted by Gasteiger charge is 2.15. The second-order valence-corrected chi connectivity index (χ2v) is 5.85. The summed E-state index contributed by atoms with van der Waals surface area (Å²) in [6.45, 7) is 6.25. The maximum atomic E-state index is 6.21. The van der Waals surface area contributed by atoms with Crippen molar-refractivity contribution >= 4 is 0 Å². The maximum absolute atomic E-state index is 6.21. The van der Waals surface area contributed by atoms with Crippen LogP contribution in [0.3, 0.4) is 0 Å². The van der Waals surface area contributed by atoms with E-state index < -0.39 is 0 Å². The molecule has 0 aliphatic heterocycles. The monoisotopic (exact) mass is 299 g/mol. The van der Waals surface area contributed by atoms with E-state index in [-0.39, 0.29) is 12.1 Å². The zero-order valence-corrected chi connectivity index (χ0v) is 13.7. The summed E-state index contributed by atoms with van der Waals surface area (Å²) in [6.07, 6.45) is -0.0419. The van der Waals surface area contributed by atoms with Crippen LogP contribution >= 0.6 is 0 Å². The van der Waals surface area contributed by atoms with Crippen molar-refractivity contribution in [3.8, 4) is 11.5 Å². The van der Waals surface area contributed by atoms with Crippen molar-refractivity contribution in [3.63, 3.8) is 0 Å². The van der Waals surface area contributed by atoms with Gasteiger partial charge in [0.15, 0.2) is 11.5 Å². The third kappa shape index (κ3) is 3.80. The van der Waals surface area contributed by atoms with Crippen molar-refractivity contribution in [2.45, 2.75) is 32.9 Å². The molecule has 0 radical (unpaired) electrons.